The number of rotatable bonds is 5. The van der Waals surface area contributed by atoms with Gasteiger partial charge in [0.25, 0.3) is 0 Å². The molecule has 0 aliphatic heterocycles. The number of hydrogen-bond acceptors (Lipinski definition) is 2. The van der Waals surface area contributed by atoms with Crippen LogP contribution in [-0.4, -0.2) is 17.8 Å². The van der Waals surface area contributed by atoms with E-state index in [2.05, 4.69) is 39.6 Å². The molecule has 0 fully saturated rings. The van der Waals surface area contributed by atoms with Gasteiger partial charge >= 0.3 is 0 Å². The summed E-state index contributed by atoms with van der Waals surface area (Å²) < 4.78 is 0. The zero-order chi connectivity index (χ0) is 11.1. The van der Waals surface area contributed by atoms with Crippen LogP contribution in [-0.2, 0) is 0 Å². The first-order valence-electron chi connectivity index (χ1n) is 5.67. The van der Waals surface area contributed by atoms with Crippen LogP contribution < -0.4 is 0 Å². The molecular formula is C12H25NS. The van der Waals surface area contributed by atoms with Crippen molar-refractivity contribution < 1.29 is 0 Å². The smallest absolute Gasteiger partial charge is 0.0706 e. The topological polar surface area (TPSA) is 12.4 Å². The van der Waals surface area contributed by atoms with Gasteiger partial charge in [-0.05, 0) is 24.0 Å². The first-order chi connectivity index (χ1) is 6.58. The zero-order valence-electron chi connectivity index (χ0n) is 10.5. The second-order valence-corrected chi connectivity index (χ2v) is 5.40. The molecule has 0 N–H and O–H groups in total. The summed E-state index contributed by atoms with van der Waals surface area (Å²) in [6.45, 7) is 11.4. The lowest BCUT2D eigenvalue weighted by atomic mass is 9.84. The molecule has 0 rings (SSSR count). The summed E-state index contributed by atoms with van der Waals surface area (Å²) in [7, 11) is 1.92. The molecule has 0 aliphatic rings. The summed E-state index contributed by atoms with van der Waals surface area (Å²) in [5.74, 6) is 3.27. The Bertz CT molecular complexity index is 175. The highest BCUT2D eigenvalue weighted by molar-refractivity contribution is 8.13. The third-order valence-corrected chi connectivity index (χ3v) is 4.03. The Kier molecular flexibility index (Phi) is 7.34. The summed E-state index contributed by atoms with van der Waals surface area (Å²) >= 11 is 1.90. The first-order valence-corrected chi connectivity index (χ1v) is 6.66. The normalized spacial score (nSPS) is 17.2. The second kappa shape index (κ2) is 7.33. The molecule has 1 nitrogen and oxygen atoms in total. The molecule has 0 aromatic heterocycles. The van der Waals surface area contributed by atoms with Gasteiger partial charge in [0.1, 0.15) is 0 Å². The molecule has 0 spiro atoms. The molecule has 0 bridgehead atoms. The molecule has 0 saturated heterocycles. The quantitative estimate of drug-likeness (QED) is 0.497. The van der Waals surface area contributed by atoms with E-state index >= 15 is 0 Å². The highest BCUT2D eigenvalue weighted by Crippen LogP contribution is 2.28. The van der Waals surface area contributed by atoms with Gasteiger partial charge in [0.15, 0.2) is 0 Å². The van der Waals surface area contributed by atoms with Crippen molar-refractivity contribution in [3.63, 3.8) is 0 Å². The molecule has 0 aromatic carbocycles. The number of hydrogen-bond donors (Lipinski definition) is 0. The average molecular weight is 215 g/mol. The highest BCUT2D eigenvalue weighted by Gasteiger charge is 2.23. The number of aliphatic imine (C=N–C) groups is 1. The zero-order valence-corrected chi connectivity index (χ0v) is 11.3. The Hall–Kier alpha value is 0.0200. The van der Waals surface area contributed by atoms with Crippen molar-refractivity contribution in [2.24, 2.45) is 22.7 Å². The summed E-state index contributed by atoms with van der Waals surface area (Å²) in [5, 5.41) is 1.34. The minimum absolute atomic E-state index is 0.657. The molecule has 2 atom stereocenters. The van der Waals surface area contributed by atoms with E-state index in [9.17, 15) is 0 Å². The summed E-state index contributed by atoms with van der Waals surface area (Å²) in [4.78, 5) is 4.43. The van der Waals surface area contributed by atoms with Crippen LogP contribution in [0.1, 0.15) is 41.0 Å². The lowest BCUT2D eigenvalue weighted by molar-refractivity contribution is 0.337. The minimum atomic E-state index is 0.657. The summed E-state index contributed by atoms with van der Waals surface area (Å²) in [6.07, 6.45) is 1.21. The van der Waals surface area contributed by atoms with Gasteiger partial charge in [0.2, 0.25) is 0 Å². The predicted molar refractivity (Wildman–Crippen MR) is 69.3 cm³/mol. The molecule has 0 amide bonds. The lowest BCUT2D eigenvalue weighted by Gasteiger charge is -2.26. The fraction of sp³-hybridized carbons (Fsp3) is 0.917. The molecule has 0 saturated carbocycles. The SMILES string of the molecule is CCS/C(=N/C)C(CC)C(C)C(C)C. The molecule has 0 aromatic rings. The molecule has 14 heavy (non-hydrogen) atoms. The van der Waals surface area contributed by atoms with Crippen LogP contribution in [0.5, 0.6) is 0 Å². The third kappa shape index (κ3) is 4.04. The van der Waals surface area contributed by atoms with Crippen molar-refractivity contribution in [2.75, 3.05) is 12.8 Å². The van der Waals surface area contributed by atoms with Crippen molar-refractivity contribution >= 4 is 16.8 Å². The molecular weight excluding hydrogens is 190 g/mol. The van der Waals surface area contributed by atoms with Gasteiger partial charge in [0, 0.05) is 13.0 Å². The molecule has 2 heteroatoms. The molecule has 0 aliphatic carbocycles. The monoisotopic (exact) mass is 215 g/mol. The Morgan fingerprint density at radius 2 is 1.79 bits per heavy atom. The van der Waals surface area contributed by atoms with E-state index < -0.39 is 0 Å². The Morgan fingerprint density at radius 3 is 2.07 bits per heavy atom. The highest BCUT2D eigenvalue weighted by atomic mass is 32.2. The first kappa shape index (κ1) is 14.0. The van der Waals surface area contributed by atoms with Crippen molar-refractivity contribution in [1.82, 2.24) is 0 Å². The van der Waals surface area contributed by atoms with Gasteiger partial charge in [-0.2, -0.15) is 0 Å². The van der Waals surface area contributed by atoms with E-state index in [-0.39, 0.29) is 0 Å². The van der Waals surface area contributed by atoms with Crippen molar-refractivity contribution in [2.45, 2.75) is 41.0 Å². The van der Waals surface area contributed by atoms with Crippen molar-refractivity contribution in [1.29, 1.82) is 0 Å². The van der Waals surface area contributed by atoms with E-state index in [4.69, 9.17) is 0 Å². The summed E-state index contributed by atoms with van der Waals surface area (Å²) in [6, 6.07) is 0. The maximum Gasteiger partial charge on any atom is 0.0706 e. The fourth-order valence-corrected chi connectivity index (χ4v) is 2.74. The summed E-state index contributed by atoms with van der Waals surface area (Å²) in [5.41, 5.74) is 0. The van der Waals surface area contributed by atoms with Crippen molar-refractivity contribution in [3.8, 4) is 0 Å². The van der Waals surface area contributed by atoms with Gasteiger partial charge in [-0.15, -0.1) is 11.8 Å². The van der Waals surface area contributed by atoms with Gasteiger partial charge in [0.05, 0.1) is 5.04 Å². The second-order valence-electron chi connectivity index (χ2n) is 4.11. The Balaban J connectivity index is 4.51. The largest absolute Gasteiger partial charge is 0.286 e. The van der Waals surface area contributed by atoms with E-state index in [1.807, 2.05) is 18.8 Å². The van der Waals surface area contributed by atoms with Crippen LogP contribution >= 0.6 is 11.8 Å². The molecule has 0 heterocycles. The van der Waals surface area contributed by atoms with E-state index in [1.54, 1.807) is 0 Å². The maximum absolute atomic E-state index is 4.43. The van der Waals surface area contributed by atoms with Gasteiger partial charge in [-0.1, -0.05) is 34.6 Å². The van der Waals surface area contributed by atoms with E-state index in [0.717, 1.165) is 17.6 Å². The van der Waals surface area contributed by atoms with Gasteiger partial charge in [-0.25, -0.2) is 0 Å². The lowest BCUT2D eigenvalue weighted by Crippen LogP contribution is -2.23. The van der Waals surface area contributed by atoms with Crippen LogP contribution in [0, 0.1) is 17.8 Å². The standard InChI is InChI=1S/C12H25NS/c1-7-11(10(5)9(3)4)12(13-6)14-8-2/h9-11H,7-8H2,1-6H3/b13-12+. The van der Waals surface area contributed by atoms with Gasteiger partial charge < -0.3 is 0 Å². The van der Waals surface area contributed by atoms with Crippen molar-refractivity contribution in [3.05, 3.63) is 0 Å². The Morgan fingerprint density at radius 1 is 1.21 bits per heavy atom. The minimum Gasteiger partial charge on any atom is -0.286 e. The molecule has 2 unspecified atom stereocenters. The van der Waals surface area contributed by atoms with E-state index in [1.165, 1.54) is 11.5 Å². The predicted octanol–water partition coefficient (Wildman–Crippen LogP) is 4.09. The maximum atomic E-state index is 4.43. The van der Waals surface area contributed by atoms with Gasteiger partial charge in [-0.3, -0.25) is 4.99 Å². The van der Waals surface area contributed by atoms with E-state index in [0.29, 0.717) is 5.92 Å². The molecule has 84 valence electrons. The van der Waals surface area contributed by atoms with Crippen LogP contribution in [0.2, 0.25) is 0 Å². The Labute approximate surface area is 93.8 Å². The number of nitrogens with zero attached hydrogens (tertiary/aromatic N) is 1. The van der Waals surface area contributed by atoms with Crippen LogP contribution in [0.15, 0.2) is 4.99 Å². The average Bonchev–Trinajstić information content (AvgIpc) is 2.17. The fourth-order valence-electron chi connectivity index (χ4n) is 1.72. The number of thioether (sulfide) groups is 1. The van der Waals surface area contributed by atoms with Crippen LogP contribution in [0.4, 0.5) is 0 Å². The van der Waals surface area contributed by atoms with Crippen LogP contribution in [0.25, 0.3) is 0 Å². The van der Waals surface area contributed by atoms with Crippen LogP contribution in [0.3, 0.4) is 0 Å². The molecule has 0 radical (unpaired) electrons. The third-order valence-electron chi connectivity index (χ3n) is 2.96.